The van der Waals surface area contributed by atoms with Crippen molar-refractivity contribution in [2.45, 2.75) is 16.8 Å². The number of carboxylic acids is 1. The Morgan fingerprint density at radius 1 is 1.30 bits per heavy atom. The molecule has 0 aliphatic rings. The minimum atomic E-state index is -4.68. The summed E-state index contributed by atoms with van der Waals surface area (Å²) in [7, 11) is 0. The highest BCUT2D eigenvalue weighted by Gasteiger charge is 2.35. The van der Waals surface area contributed by atoms with Gasteiger partial charge in [-0.25, -0.2) is 4.79 Å². The van der Waals surface area contributed by atoms with Gasteiger partial charge in [0.05, 0.1) is 23.1 Å². The summed E-state index contributed by atoms with van der Waals surface area (Å²) in [5.41, 5.74) is -1.89. The van der Waals surface area contributed by atoms with E-state index < -0.39 is 23.3 Å². The maximum absolute atomic E-state index is 12.7. The smallest absolute Gasteiger partial charge is 0.417 e. The van der Waals surface area contributed by atoms with Crippen LogP contribution in [-0.4, -0.2) is 11.1 Å². The van der Waals surface area contributed by atoms with Gasteiger partial charge in [-0.05, 0) is 30.3 Å². The van der Waals surface area contributed by atoms with Crippen LogP contribution in [0.15, 0.2) is 45.9 Å². The molecule has 2 aromatic rings. The van der Waals surface area contributed by atoms with Crippen molar-refractivity contribution in [3.63, 3.8) is 0 Å². The molecule has 0 radical (unpaired) electrons. The highest BCUT2D eigenvalue weighted by molar-refractivity contribution is 7.98. The fourth-order valence-corrected chi connectivity index (χ4v) is 2.43. The molecule has 0 bridgehead atoms. The molecule has 1 aromatic carbocycles. The lowest BCUT2D eigenvalue weighted by atomic mass is 10.1. The lowest BCUT2D eigenvalue weighted by molar-refractivity contribution is -0.138. The van der Waals surface area contributed by atoms with Crippen molar-refractivity contribution >= 4 is 17.7 Å². The average Bonchev–Trinajstić information content (AvgIpc) is 2.88. The first kappa shape index (κ1) is 14.5. The molecule has 20 heavy (non-hydrogen) atoms. The number of aromatic carboxylic acids is 1. The Balaban J connectivity index is 2.24. The molecule has 3 nitrogen and oxygen atoms in total. The molecule has 0 aliphatic heterocycles. The Hall–Kier alpha value is -1.89. The number of carboxylic acid groups (broad SMARTS) is 1. The number of halogens is 3. The number of furan rings is 1. The summed E-state index contributed by atoms with van der Waals surface area (Å²) in [6.45, 7) is 0. The highest BCUT2D eigenvalue weighted by Crippen LogP contribution is 2.34. The average molecular weight is 302 g/mol. The second-order valence-electron chi connectivity index (χ2n) is 3.88. The number of benzene rings is 1. The summed E-state index contributed by atoms with van der Waals surface area (Å²) in [5, 5.41) is 8.88. The van der Waals surface area contributed by atoms with E-state index in [1.165, 1.54) is 24.1 Å². The van der Waals surface area contributed by atoms with Crippen molar-refractivity contribution in [1.29, 1.82) is 0 Å². The number of hydrogen-bond acceptors (Lipinski definition) is 3. The van der Waals surface area contributed by atoms with Crippen LogP contribution in [0.2, 0.25) is 0 Å². The monoisotopic (exact) mass is 302 g/mol. The van der Waals surface area contributed by atoms with Gasteiger partial charge >= 0.3 is 12.1 Å². The molecule has 0 saturated carbocycles. The third-order valence-electron chi connectivity index (χ3n) is 2.49. The van der Waals surface area contributed by atoms with Gasteiger partial charge in [0.2, 0.25) is 0 Å². The van der Waals surface area contributed by atoms with E-state index in [2.05, 4.69) is 0 Å². The van der Waals surface area contributed by atoms with Crippen molar-refractivity contribution in [3.8, 4) is 0 Å². The number of alkyl halides is 3. The molecule has 106 valence electrons. The predicted molar refractivity (Wildman–Crippen MR) is 66.7 cm³/mol. The summed E-state index contributed by atoms with van der Waals surface area (Å²) in [6.07, 6.45) is -3.19. The summed E-state index contributed by atoms with van der Waals surface area (Å²) in [4.78, 5) is 11.4. The SMILES string of the molecule is O=C(O)c1cc(SCc2ccco2)ccc1C(F)(F)F. The van der Waals surface area contributed by atoms with Gasteiger partial charge < -0.3 is 9.52 Å². The van der Waals surface area contributed by atoms with Crippen LogP contribution >= 0.6 is 11.8 Å². The van der Waals surface area contributed by atoms with Gasteiger partial charge in [-0.3, -0.25) is 0 Å². The molecule has 7 heteroatoms. The first-order valence-electron chi connectivity index (χ1n) is 5.47. The van der Waals surface area contributed by atoms with E-state index in [1.54, 1.807) is 12.1 Å². The van der Waals surface area contributed by atoms with E-state index >= 15 is 0 Å². The van der Waals surface area contributed by atoms with Gasteiger partial charge in [0.15, 0.2) is 0 Å². The molecule has 0 atom stereocenters. The zero-order valence-electron chi connectivity index (χ0n) is 9.98. The van der Waals surface area contributed by atoms with Gasteiger partial charge in [0.1, 0.15) is 5.76 Å². The molecule has 1 heterocycles. The maximum atomic E-state index is 12.7. The fraction of sp³-hybridized carbons (Fsp3) is 0.154. The maximum Gasteiger partial charge on any atom is 0.417 e. The third kappa shape index (κ3) is 3.36. The quantitative estimate of drug-likeness (QED) is 0.856. The minimum absolute atomic E-state index is 0.414. The molecule has 2 rings (SSSR count). The molecule has 0 fully saturated rings. The van der Waals surface area contributed by atoms with Crippen LogP contribution in [0, 0.1) is 0 Å². The topological polar surface area (TPSA) is 50.4 Å². The number of rotatable bonds is 4. The molecule has 0 amide bonds. The Bertz CT molecular complexity index is 606. The first-order chi connectivity index (χ1) is 9.38. The Morgan fingerprint density at radius 3 is 2.60 bits per heavy atom. The molecule has 0 spiro atoms. The van der Waals surface area contributed by atoms with Crippen LogP contribution in [0.4, 0.5) is 13.2 Å². The molecule has 0 unspecified atom stereocenters. The van der Waals surface area contributed by atoms with Crippen molar-refractivity contribution in [2.24, 2.45) is 0 Å². The highest BCUT2D eigenvalue weighted by atomic mass is 32.2. The normalized spacial score (nSPS) is 11.6. The van der Waals surface area contributed by atoms with Gasteiger partial charge in [-0.15, -0.1) is 11.8 Å². The van der Waals surface area contributed by atoms with Crippen LogP contribution < -0.4 is 0 Å². The second-order valence-corrected chi connectivity index (χ2v) is 4.93. The second kappa shape index (κ2) is 5.62. The molecule has 0 saturated heterocycles. The third-order valence-corrected chi connectivity index (χ3v) is 3.50. The fourth-order valence-electron chi connectivity index (χ4n) is 1.59. The lowest BCUT2D eigenvalue weighted by Crippen LogP contribution is -2.12. The predicted octanol–water partition coefficient (Wildman–Crippen LogP) is 4.29. The van der Waals surface area contributed by atoms with E-state index in [0.29, 0.717) is 16.4 Å². The first-order valence-corrected chi connectivity index (χ1v) is 6.46. The number of carbonyl (C=O) groups is 1. The van der Waals surface area contributed by atoms with Crippen molar-refractivity contribution in [3.05, 3.63) is 53.5 Å². The Morgan fingerprint density at radius 2 is 2.05 bits per heavy atom. The van der Waals surface area contributed by atoms with E-state index in [0.717, 1.165) is 12.1 Å². The summed E-state index contributed by atoms with van der Waals surface area (Å²) in [6, 6.07) is 6.50. The summed E-state index contributed by atoms with van der Waals surface area (Å²) >= 11 is 1.20. The van der Waals surface area contributed by atoms with Gasteiger partial charge in [-0.2, -0.15) is 13.2 Å². The molecular formula is C13H9F3O3S. The summed E-state index contributed by atoms with van der Waals surface area (Å²) < 4.78 is 43.1. The number of hydrogen-bond donors (Lipinski definition) is 1. The van der Waals surface area contributed by atoms with Gasteiger partial charge in [-0.1, -0.05) is 0 Å². The van der Waals surface area contributed by atoms with Crippen molar-refractivity contribution < 1.29 is 27.5 Å². The zero-order chi connectivity index (χ0) is 14.8. The van der Waals surface area contributed by atoms with Crippen LogP contribution in [0.25, 0.3) is 0 Å². The van der Waals surface area contributed by atoms with Crippen molar-refractivity contribution in [2.75, 3.05) is 0 Å². The largest absolute Gasteiger partial charge is 0.478 e. The van der Waals surface area contributed by atoms with E-state index in [-0.39, 0.29) is 0 Å². The van der Waals surface area contributed by atoms with Crippen LogP contribution in [-0.2, 0) is 11.9 Å². The van der Waals surface area contributed by atoms with Crippen LogP contribution in [0.3, 0.4) is 0 Å². The van der Waals surface area contributed by atoms with Gasteiger partial charge in [0, 0.05) is 4.90 Å². The van der Waals surface area contributed by atoms with Crippen LogP contribution in [0.5, 0.6) is 0 Å². The molecule has 0 aliphatic carbocycles. The van der Waals surface area contributed by atoms with E-state index in [9.17, 15) is 18.0 Å². The lowest BCUT2D eigenvalue weighted by Gasteiger charge is -2.11. The zero-order valence-corrected chi connectivity index (χ0v) is 10.8. The number of thioether (sulfide) groups is 1. The molecular weight excluding hydrogens is 293 g/mol. The van der Waals surface area contributed by atoms with Crippen molar-refractivity contribution in [1.82, 2.24) is 0 Å². The minimum Gasteiger partial charge on any atom is -0.478 e. The molecule has 1 N–H and O–H groups in total. The Kier molecular flexibility index (Phi) is 4.08. The van der Waals surface area contributed by atoms with Gasteiger partial charge in [0.25, 0.3) is 0 Å². The van der Waals surface area contributed by atoms with E-state index in [4.69, 9.17) is 9.52 Å². The molecule has 1 aromatic heterocycles. The Labute approximate surface area is 116 Å². The van der Waals surface area contributed by atoms with Crippen LogP contribution in [0.1, 0.15) is 21.7 Å². The standard InChI is InChI=1S/C13H9F3O3S/c14-13(15,16)11-4-3-9(6-10(11)12(17)18)20-7-8-2-1-5-19-8/h1-6H,7H2,(H,17,18). The van der Waals surface area contributed by atoms with E-state index in [1.807, 2.05) is 0 Å². The summed E-state index contributed by atoms with van der Waals surface area (Å²) in [5.74, 6) is -0.526.